The molecule has 1 amide bonds. The first kappa shape index (κ1) is 14.5. The number of unbranched alkanes of at least 4 members (excludes halogenated alkanes) is 1. The predicted octanol–water partition coefficient (Wildman–Crippen LogP) is 2.68. The van der Waals surface area contributed by atoms with Gasteiger partial charge in [-0.3, -0.25) is 4.79 Å². The number of amides is 1. The molecule has 0 radical (unpaired) electrons. The van der Waals surface area contributed by atoms with Crippen LogP contribution in [0.2, 0.25) is 0 Å². The zero-order valence-corrected chi connectivity index (χ0v) is 12.5. The number of rotatable bonds is 6. The maximum Gasteiger partial charge on any atom is 0.222 e. The normalized spacial score (nSPS) is 27.9. The average Bonchev–Trinajstić information content (AvgIpc) is 3.04. The minimum absolute atomic E-state index is 0.0966. The Morgan fingerprint density at radius 2 is 2.22 bits per heavy atom. The molecule has 2 atom stereocenters. The second-order valence-electron chi connectivity index (χ2n) is 5.14. The molecular formula is C13H23NO2S2. The van der Waals surface area contributed by atoms with Crippen molar-refractivity contribution in [2.75, 3.05) is 18.9 Å². The lowest BCUT2D eigenvalue weighted by atomic mass is 10.1. The Labute approximate surface area is 117 Å². The van der Waals surface area contributed by atoms with Crippen LogP contribution in [0.1, 0.15) is 44.9 Å². The van der Waals surface area contributed by atoms with Crippen molar-refractivity contribution in [3.8, 4) is 0 Å². The number of aliphatic hydroxyl groups excluding tert-OH is 1. The van der Waals surface area contributed by atoms with Gasteiger partial charge in [-0.25, -0.2) is 0 Å². The van der Waals surface area contributed by atoms with Crippen molar-refractivity contribution >= 4 is 27.5 Å². The highest BCUT2D eigenvalue weighted by atomic mass is 33.1. The molecule has 1 unspecified atom stereocenters. The molecule has 2 rings (SSSR count). The van der Waals surface area contributed by atoms with Gasteiger partial charge in [-0.1, -0.05) is 28.0 Å². The standard InChI is InChI=1S/C13H23NO2S2/c15-10-11-4-3-8-14(11)13(16)6-2-1-5-12-7-9-17-18-12/h11-12,15H,1-10H2/t11-,12?/m1/s1. The maximum absolute atomic E-state index is 12.0. The van der Waals surface area contributed by atoms with E-state index in [-0.39, 0.29) is 18.6 Å². The Morgan fingerprint density at radius 3 is 2.94 bits per heavy atom. The summed E-state index contributed by atoms with van der Waals surface area (Å²) in [5.74, 6) is 1.54. The highest BCUT2D eigenvalue weighted by Crippen LogP contribution is 2.39. The van der Waals surface area contributed by atoms with Crippen LogP contribution in [0.3, 0.4) is 0 Å². The van der Waals surface area contributed by atoms with Gasteiger partial charge in [0.1, 0.15) is 0 Å². The van der Waals surface area contributed by atoms with E-state index in [1.807, 2.05) is 26.5 Å². The van der Waals surface area contributed by atoms with Gasteiger partial charge in [0.25, 0.3) is 0 Å². The van der Waals surface area contributed by atoms with Gasteiger partial charge >= 0.3 is 0 Å². The summed E-state index contributed by atoms with van der Waals surface area (Å²) < 4.78 is 0. The van der Waals surface area contributed by atoms with Crippen LogP contribution < -0.4 is 0 Å². The Kier molecular flexibility index (Phi) is 6.18. The van der Waals surface area contributed by atoms with E-state index in [1.165, 1.54) is 25.0 Å². The molecule has 18 heavy (non-hydrogen) atoms. The van der Waals surface area contributed by atoms with Crippen LogP contribution in [-0.2, 0) is 4.79 Å². The molecule has 2 aliphatic heterocycles. The SMILES string of the molecule is O=C(CCCCC1CCSS1)N1CCC[C@@H]1CO. The van der Waals surface area contributed by atoms with E-state index in [1.54, 1.807) is 0 Å². The maximum atomic E-state index is 12.0. The van der Waals surface area contributed by atoms with Gasteiger partial charge in [-0.05, 0) is 32.1 Å². The number of hydrogen-bond acceptors (Lipinski definition) is 4. The minimum atomic E-state index is 0.0966. The smallest absolute Gasteiger partial charge is 0.222 e. The van der Waals surface area contributed by atoms with Gasteiger partial charge < -0.3 is 10.0 Å². The van der Waals surface area contributed by atoms with Crippen LogP contribution >= 0.6 is 21.6 Å². The number of likely N-dealkylation sites (tertiary alicyclic amines) is 1. The van der Waals surface area contributed by atoms with Crippen molar-refractivity contribution in [3.63, 3.8) is 0 Å². The van der Waals surface area contributed by atoms with Gasteiger partial charge in [0.2, 0.25) is 5.91 Å². The molecular weight excluding hydrogens is 266 g/mol. The van der Waals surface area contributed by atoms with E-state index in [2.05, 4.69) is 0 Å². The van der Waals surface area contributed by atoms with Crippen molar-refractivity contribution in [1.29, 1.82) is 0 Å². The van der Waals surface area contributed by atoms with Crippen LogP contribution in [0, 0.1) is 0 Å². The Balaban J connectivity index is 1.59. The van der Waals surface area contributed by atoms with Crippen molar-refractivity contribution in [3.05, 3.63) is 0 Å². The lowest BCUT2D eigenvalue weighted by Gasteiger charge is -2.23. The minimum Gasteiger partial charge on any atom is -0.394 e. The van der Waals surface area contributed by atoms with Gasteiger partial charge in [0, 0.05) is 24.0 Å². The second kappa shape index (κ2) is 7.65. The summed E-state index contributed by atoms with van der Waals surface area (Å²) in [6.07, 6.45) is 7.46. The first-order valence-electron chi connectivity index (χ1n) is 7.00. The summed E-state index contributed by atoms with van der Waals surface area (Å²) >= 11 is 0. The third-order valence-corrected chi connectivity index (χ3v) is 6.81. The second-order valence-corrected chi connectivity index (χ2v) is 7.93. The van der Waals surface area contributed by atoms with Crippen LogP contribution in [0.5, 0.6) is 0 Å². The van der Waals surface area contributed by atoms with Crippen molar-refractivity contribution < 1.29 is 9.90 Å². The van der Waals surface area contributed by atoms with Crippen molar-refractivity contribution in [2.45, 2.75) is 56.2 Å². The molecule has 1 N–H and O–H groups in total. The molecule has 0 aromatic heterocycles. The van der Waals surface area contributed by atoms with Gasteiger partial charge in [-0.15, -0.1) is 0 Å². The third kappa shape index (κ3) is 4.07. The average molecular weight is 289 g/mol. The summed E-state index contributed by atoms with van der Waals surface area (Å²) in [7, 11) is 4.00. The molecule has 5 heteroatoms. The van der Waals surface area contributed by atoms with E-state index in [0.717, 1.165) is 31.1 Å². The van der Waals surface area contributed by atoms with Crippen LogP contribution in [0.4, 0.5) is 0 Å². The molecule has 104 valence electrons. The first-order chi connectivity index (χ1) is 8.81. The molecule has 0 bridgehead atoms. The molecule has 0 spiro atoms. The fourth-order valence-electron chi connectivity index (χ4n) is 2.71. The van der Waals surface area contributed by atoms with E-state index in [9.17, 15) is 9.90 Å². The highest BCUT2D eigenvalue weighted by molar-refractivity contribution is 8.77. The molecule has 0 saturated carbocycles. The molecule has 2 fully saturated rings. The molecule has 0 aromatic rings. The predicted molar refractivity (Wildman–Crippen MR) is 78.7 cm³/mol. The summed E-state index contributed by atoms with van der Waals surface area (Å²) in [6.45, 7) is 0.973. The van der Waals surface area contributed by atoms with Crippen molar-refractivity contribution in [2.24, 2.45) is 0 Å². The summed E-state index contributed by atoms with van der Waals surface area (Å²) in [5.41, 5.74) is 0. The summed E-state index contributed by atoms with van der Waals surface area (Å²) in [5, 5.41) is 10.0. The lowest BCUT2D eigenvalue weighted by molar-refractivity contribution is -0.132. The topological polar surface area (TPSA) is 40.5 Å². The van der Waals surface area contributed by atoms with Crippen molar-refractivity contribution in [1.82, 2.24) is 4.90 Å². The lowest BCUT2D eigenvalue weighted by Crippen LogP contribution is -2.37. The zero-order valence-electron chi connectivity index (χ0n) is 10.8. The number of hydrogen-bond donors (Lipinski definition) is 1. The van der Waals surface area contributed by atoms with Gasteiger partial charge in [0.05, 0.1) is 12.6 Å². The Morgan fingerprint density at radius 1 is 1.33 bits per heavy atom. The fraction of sp³-hybridized carbons (Fsp3) is 0.923. The monoisotopic (exact) mass is 289 g/mol. The molecule has 2 aliphatic rings. The van der Waals surface area contributed by atoms with Gasteiger partial charge in [0.15, 0.2) is 0 Å². The van der Waals surface area contributed by atoms with E-state index < -0.39 is 0 Å². The van der Waals surface area contributed by atoms with Crippen LogP contribution in [-0.4, -0.2) is 46.1 Å². The third-order valence-electron chi connectivity index (χ3n) is 3.80. The Bertz CT molecular complexity index is 270. The molecule has 3 nitrogen and oxygen atoms in total. The highest BCUT2D eigenvalue weighted by Gasteiger charge is 2.27. The van der Waals surface area contributed by atoms with Crippen LogP contribution in [0.15, 0.2) is 0 Å². The van der Waals surface area contributed by atoms with Crippen LogP contribution in [0.25, 0.3) is 0 Å². The first-order valence-corrected chi connectivity index (χ1v) is 9.38. The molecule has 0 aromatic carbocycles. The molecule has 2 saturated heterocycles. The van der Waals surface area contributed by atoms with E-state index in [0.29, 0.717) is 6.42 Å². The Hall–Kier alpha value is 0.130. The zero-order chi connectivity index (χ0) is 12.8. The summed E-state index contributed by atoms with van der Waals surface area (Å²) in [4.78, 5) is 13.9. The van der Waals surface area contributed by atoms with E-state index >= 15 is 0 Å². The fourth-order valence-corrected chi connectivity index (χ4v) is 5.74. The number of carbonyl (C=O) groups excluding carboxylic acids is 1. The molecule has 0 aliphatic carbocycles. The largest absolute Gasteiger partial charge is 0.394 e. The number of carbonyl (C=O) groups is 1. The quantitative estimate of drug-likeness (QED) is 0.603. The number of nitrogens with zero attached hydrogens (tertiary/aromatic N) is 1. The molecule has 2 heterocycles. The summed E-state index contributed by atoms with van der Waals surface area (Å²) in [6, 6.07) is 0.0966. The van der Waals surface area contributed by atoms with E-state index in [4.69, 9.17) is 0 Å². The number of aliphatic hydroxyl groups is 1. The van der Waals surface area contributed by atoms with Gasteiger partial charge in [-0.2, -0.15) is 0 Å².